The molecule has 0 unspecified atom stereocenters. The molecule has 3 nitrogen and oxygen atoms in total. The van der Waals surface area contributed by atoms with Crippen LogP contribution in [0.5, 0.6) is 5.75 Å². The average Bonchev–Trinajstić information content (AvgIpc) is 2.19. The monoisotopic (exact) mass is 206 g/mol. The van der Waals surface area contributed by atoms with Gasteiger partial charge in [0.2, 0.25) is 0 Å². The number of halogens is 1. The summed E-state index contributed by atoms with van der Waals surface area (Å²) in [6.45, 7) is 0. The van der Waals surface area contributed by atoms with Crippen molar-refractivity contribution in [1.29, 1.82) is 0 Å². The predicted molar refractivity (Wildman–Crippen MR) is 54.1 cm³/mol. The summed E-state index contributed by atoms with van der Waals surface area (Å²) in [5.41, 5.74) is 0.824. The van der Waals surface area contributed by atoms with Gasteiger partial charge in [-0.25, -0.2) is 9.97 Å². The number of aromatic hydroxyl groups is 1. The van der Waals surface area contributed by atoms with Crippen molar-refractivity contribution in [2.24, 2.45) is 0 Å². The van der Waals surface area contributed by atoms with E-state index in [1.807, 2.05) is 0 Å². The van der Waals surface area contributed by atoms with Crippen molar-refractivity contribution in [2.75, 3.05) is 0 Å². The van der Waals surface area contributed by atoms with Gasteiger partial charge >= 0.3 is 0 Å². The van der Waals surface area contributed by atoms with E-state index < -0.39 is 0 Å². The van der Waals surface area contributed by atoms with E-state index in [0.717, 1.165) is 5.56 Å². The number of hydrogen-bond donors (Lipinski definition) is 1. The summed E-state index contributed by atoms with van der Waals surface area (Å²) in [4.78, 5) is 8.11. The predicted octanol–water partition coefficient (Wildman–Crippen LogP) is 2.50. The van der Waals surface area contributed by atoms with Gasteiger partial charge in [-0.05, 0) is 30.3 Å². The zero-order valence-electron chi connectivity index (χ0n) is 7.18. The molecule has 0 fully saturated rings. The van der Waals surface area contributed by atoms with Gasteiger partial charge in [-0.2, -0.15) is 0 Å². The molecule has 0 saturated heterocycles. The lowest BCUT2D eigenvalue weighted by Crippen LogP contribution is -1.87. The van der Waals surface area contributed by atoms with E-state index in [1.165, 1.54) is 0 Å². The molecule has 0 atom stereocenters. The van der Waals surface area contributed by atoms with Crippen LogP contribution in [0.2, 0.25) is 5.15 Å². The highest BCUT2D eigenvalue weighted by molar-refractivity contribution is 6.29. The zero-order chi connectivity index (χ0) is 9.97. The first kappa shape index (κ1) is 8.97. The third-order valence-electron chi connectivity index (χ3n) is 1.75. The highest BCUT2D eigenvalue weighted by Crippen LogP contribution is 2.18. The molecule has 2 rings (SSSR count). The number of aromatic nitrogens is 2. The molecule has 0 bridgehead atoms. The topological polar surface area (TPSA) is 46.0 Å². The molecule has 2 aromatic rings. The quantitative estimate of drug-likeness (QED) is 0.730. The average molecular weight is 207 g/mol. The summed E-state index contributed by atoms with van der Waals surface area (Å²) in [7, 11) is 0. The number of phenols is 1. The molecule has 0 spiro atoms. The summed E-state index contributed by atoms with van der Waals surface area (Å²) < 4.78 is 0. The van der Waals surface area contributed by atoms with Crippen LogP contribution in [0.3, 0.4) is 0 Å². The SMILES string of the molecule is Oc1ccc(-c2nccc(Cl)n2)cc1. The van der Waals surface area contributed by atoms with Gasteiger partial charge in [0.1, 0.15) is 10.9 Å². The number of nitrogens with zero attached hydrogens (tertiary/aromatic N) is 2. The Morgan fingerprint density at radius 2 is 1.79 bits per heavy atom. The Morgan fingerprint density at radius 1 is 1.07 bits per heavy atom. The molecule has 0 saturated carbocycles. The molecule has 4 heteroatoms. The molecule has 1 aromatic heterocycles. The second-order valence-electron chi connectivity index (χ2n) is 2.75. The molecule has 0 radical (unpaired) electrons. The van der Waals surface area contributed by atoms with Crippen LogP contribution in [0.25, 0.3) is 11.4 Å². The molecule has 0 amide bonds. The van der Waals surface area contributed by atoms with Gasteiger partial charge < -0.3 is 5.11 Å². The van der Waals surface area contributed by atoms with Gasteiger partial charge in [-0.1, -0.05) is 11.6 Å². The largest absolute Gasteiger partial charge is 0.508 e. The maximum absolute atomic E-state index is 9.09. The van der Waals surface area contributed by atoms with Crippen LogP contribution in [-0.4, -0.2) is 15.1 Å². The van der Waals surface area contributed by atoms with E-state index in [0.29, 0.717) is 11.0 Å². The van der Waals surface area contributed by atoms with Gasteiger partial charge in [0.25, 0.3) is 0 Å². The van der Waals surface area contributed by atoms with Gasteiger partial charge in [-0.3, -0.25) is 0 Å². The van der Waals surface area contributed by atoms with Crippen LogP contribution >= 0.6 is 11.6 Å². The fourth-order valence-corrected chi connectivity index (χ4v) is 1.22. The van der Waals surface area contributed by atoms with E-state index in [4.69, 9.17) is 16.7 Å². The van der Waals surface area contributed by atoms with Crippen LogP contribution in [0, 0.1) is 0 Å². The summed E-state index contributed by atoms with van der Waals surface area (Å²) in [6, 6.07) is 8.26. The van der Waals surface area contributed by atoms with Crippen LogP contribution in [0.4, 0.5) is 0 Å². The highest BCUT2D eigenvalue weighted by Gasteiger charge is 2.00. The van der Waals surface area contributed by atoms with Gasteiger partial charge in [0.15, 0.2) is 5.82 Å². The standard InChI is InChI=1S/C10H7ClN2O/c11-9-5-6-12-10(13-9)7-1-3-8(14)4-2-7/h1-6,14H. The van der Waals surface area contributed by atoms with E-state index in [1.54, 1.807) is 36.5 Å². The fraction of sp³-hybridized carbons (Fsp3) is 0. The van der Waals surface area contributed by atoms with Crippen molar-refractivity contribution in [3.05, 3.63) is 41.7 Å². The molecular weight excluding hydrogens is 200 g/mol. The van der Waals surface area contributed by atoms with Crippen molar-refractivity contribution >= 4 is 11.6 Å². The fourth-order valence-electron chi connectivity index (χ4n) is 1.09. The Bertz CT molecular complexity index is 442. The van der Waals surface area contributed by atoms with E-state index in [9.17, 15) is 0 Å². The molecular formula is C10H7ClN2O. The van der Waals surface area contributed by atoms with Crippen molar-refractivity contribution in [3.63, 3.8) is 0 Å². The van der Waals surface area contributed by atoms with Gasteiger partial charge in [-0.15, -0.1) is 0 Å². The molecule has 14 heavy (non-hydrogen) atoms. The normalized spacial score (nSPS) is 10.1. The summed E-state index contributed by atoms with van der Waals surface area (Å²) in [5, 5.41) is 9.50. The van der Waals surface area contributed by atoms with Crippen LogP contribution in [0.1, 0.15) is 0 Å². The van der Waals surface area contributed by atoms with Gasteiger partial charge in [0.05, 0.1) is 0 Å². The minimum absolute atomic E-state index is 0.218. The van der Waals surface area contributed by atoms with Crippen LogP contribution in [0.15, 0.2) is 36.5 Å². The summed E-state index contributed by atoms with van der Waals surface area (Å²) in [5.74, 6) is 0.772. The molecule has 0 aliphatic rings. The Labute approximate surface area is 86.0 Å². The van der Waals surface area contributed by atoms with Crippen molar-refractivity contribution in [2.45, 2.75) is 0 Å². The Balaban J connectivity index is 2.44. The smallest absolute Gasteiger partial charge is 0.160 e. The minimum Gasteiger partial charge on any atom is -0.508 e. The second kappa shape index (κ2) is 3.64. The Hall–Kier alpha value is -1.61. The van der Waals surface area contributed by atoms with E-state index >= 15 is 0 Å². The first-order valence-electron chi connectivity index (χ1n) is 4.03. The number of hydrogen-bond acceptors (Lipinski definition) is 3. The third kappa shape index (κ3) is 1.83. The van der Waals surface area contributed by atoms with E-state index in [-0.39, 0.29) is 5.75 Å². The van der Waals surface area contributed by atoms with Gasteiger partial charge in [0, 0.05) is 11.8 Å². The molecule has 0 aliphatic heterocycles. The molecule has 1 N–H and O–H groups in total. The minimum atomic E-state index is 0.218. The lowest BCUT2D eigenvalue weighted by Gasteiger charge is -1.99. The molecule has 1 aromatic carbocycles. The maximum Gasteiger partial charge on any atom is 0.160 e. The Kier molecular flexibility index (Phi) is 2.33. The second-order valence-corrected chi connectivity index (χ2v) is 3.14. The first-order valence-corrected chi connectivity index (χ1v) is 4.41. The number of phenolic OH excluding ortho intramolecular Hbond substituents is 1. The van der Waals surface area contributed by atoms with Crippen molar-refractivity contribution < 1.29 is 5.11 Å². The number of benzene rings is 1. The number of rotatable bonds is 1. The zero-order valence-corrected chi connectivity index (χ0v) is 7.94. The maximum atomic E-state index is 9.09. The molecule has 1 heterocycles. The first-order chi connectivity index (χ1) is 6.75. The van der Waals surface area contributed by atoms with Crippen LogP contribution < -0.4 is 0 Å². The lowest BCUT2D eigenvalue weighted by molar-refractivity contribution is 0.475. The summed E-state index contributed by atoms with van der Waals surface area (Å²) in [6.07, 6.45) is 1.59. The van der Waals surface area contributed by atoms with Crippen molar-refractivity contribution in [1.82, 2.24) is 9.97 Å². The Morgan fingerprint density at radius 3 is 2.43 bits per heavy atom. The van der Waals surface area contributed by atoms with E-state index in [2.05, 4.69) is 9.97 Å². The summed E-state index contributed by atoms with van der Waals surface area (Å²) >= 11 is 5.73. The molecule has 0 aliphatic carbocycles. The van der Waals surface area contributed by atoms with Crippen LogP contribution in [-0.2, 0) is 0 Å². The third-order valence-corrected chi connectivity index (χ3v) is 1.96. The molecule has 70 valence electrons. The highest BCUT2D eigenvalue weighted by atomic mass is 35.5. The lowest BCUT2D eigenvalue weighted by atomic mass is 10.2. The van der Waals surface area contributed by atoms with Crippen molar-refractivity contribution in [3.8, 4) is 17.1 Å².